The summed E-state index contributed by atoms with van der Waals surface area (Å²) in [5.41, 5.74) is 0.928. The minimum atomic E-state index is 0.0527. The van der Waals surface area contributed by atoms with E-state index in [-0.39, 0.29) is 6.04 Å². The van der Waals surface area contributed by atoms with Crippen molar-refractivity contribution in [2.45, 2.75) is 32.7 Å². The van der Waals surface area contributed by atoms with Crippen molar-refractivity contribution in [3.8, 4) is 0 Å². The monoisotopic (exact) mass is 313 g/mol. The molecule has 6 heteroatoms. The molecule has 0 saturated carbocycles. The van der Waals surface area contributed by atoms with Gasteiger partial charge in [0, 0.05) is 16.5 Å². The van der Waals surface area contributed by atoms with E-state index in [0.717, 1.165) is 18.5 Å². The highest BCUT2D eigenvalue weighted by Gasteiger charge is 2.14. The Morgan fingerprint density at radius 2 is 2.15 bits per heavy atom. The first-order chi connectivity index (χ1) is 9.60. The van der Waals surface area contributed by atoms with Crippen molar-refractivity contribution in [1.82, 2.24) is 15.5 Å². The number of nitrogens with one attached hydrogen (secondary N) is 1. The van der Waals surface area contributed by atoms with Crippen LogP contribution in [0.4, 0.5) is 0 Å². The quantitative estimate of drug-likeness (QED) is 0.874. The van der Waals surface area contributed by atoms with Crippen molar-refractivity contribution in [3.63, 3.8) is 0 Å². The topological polar surface area (TPSA) is 51.0 Å². The van der Waals surface area contributed by atoms with Gasteiger partial charge >= 0.3 is 0 Å². The number of benzene rings is 1. The molecule has 1 heterocycles. The first-order valence-electron chi connectivity index (χ1n) is 6.60. The summed E-state index contributed by atoms with van der Waals surface area (Å²) in [5.74, 6) is 1.22. The SMILES string of the molecule is CCCNC(C)c1nc(Cc2ccc(Cl)cc2Cl)no1. The molecular weight excluding hydrogens is 297 g/mol. The van der Waals surface area contributed by atoms with E-state index in [9.17, 15) is 0 Å². The zero-order valence-corrected chi connectivity index (χ0v) is 13.0. The van der Waals surface area contributed by atoms with E-state index >= 15 is 0 Å². The van der Waals surface area contributed by atoms with Crippen LogP contribution in [0.25, 0.3) is 0 Å². The van der Waals surface area contributed by atoms with Gasteiger partial charge in [0.2, 0.25) is 5.89 Å². The first kappa shape index (κ1) is 15.3. The summed E-state index contributed by atoms with van der Waals surface area (Å²) in [7, 11) is 0. The van der Waals surface area contributed by atoms with Gasteiger partial charge in [0.25, 0.3) is 0 Å². The molecule has 2 aromatic rings. The Balaban J connectivity index is 2.05. The molecule has 1 N–H and O–H groups in total. The third kappa shape index (κ3) is 3.95. The molecule has 0 fully saturated rings. The van der Waals surface area contributed by atoms with Gasteiger partial charge in [-0.05, 0) is 37.6 Å². The smallest absolute Gasteiger partial charge is 0.243 e. The molecule has 4 nitrogen and oxygen atoms in total. The Bertz CT molecular complexity index is 571. The minimum Gasteiger partial charge on any atom is -0.338 e. The molecule has 1 unspecified atom stereocenters. The highest BCUT2D eigenvalue weighted by Crippen LogP contribution is 2.23. The summed E-state index contributed by atoms with van der Waals surface area (Å²) >= 11 is 12.0. The molecule has 20 heavy (non-hydrogen) atoms. The summed E-state index contributed by atoms with van der Waals surface area (Å²) in [6.45, 7) is 5.03. The fraction of sp³-hybridized carbons (Fsp3) is 0.429. The maximum absolute atomic E-state index is 6.13. The molecule has 1 atom stereocenters. The molecule has 0 amide bonds. The summed E-state index contributed by atoms with van der Waals surface area (Å²) in [4.78, 5) is 4.39. The Morgan fingerprint density at radius 3 is 2.85 bits per heavy atom. The average Bonchev–Trinajstić information content (AvgIpc) is 2.88. The molecule has 0 spiro atoms. The highest BCUT2D eigenvalue weighted by molar-refractivity contribution is 6.35. The van der Waals surface area contributed by atoms with Crippen LogP contribution in [0.1, 0.15) is 43.6 Å². The van der Waals surface area contributed by atoms with Crippen LogP contribution in [0.15, 0.2) is 22.7 Å². The summed E-state index contributed by atoms with van der Waals surface area (Å²) in [6.07, 6.45) is 1.59. The van der Waals surface area contributed by atoms with Gasteiger partial charge in [-0.3, -0.25) is 0 Å². The fourth-order valence-electron chi connectivity index (χ4n) is 1.80. The fourth-order valence-corrected chi connectivity index (χ4v) is 2.27. The lowest BCUT2D eigenvalue weighted by atomic mass is 10.1. The lowest BCUT2D eigenvalue weighted by molar-refractivity contribution is 0.337. The van der Waals surface area contributed by atoms with E-state index in [1.54, 1.807) is 12.1 Å². The third-order valence-electron chi connectivity index (χ3n) is 2.92. The lowest BCUT2D eigenvalue weighted by Crippen LogP contribution is -2.19. The maximum atomic E-state index is 6.13. The number of hydrogen-bond acceptors (Lipinski definition) is 4. The van der Waals surface area contributed by atoms with E-state index in [1.807, 2.05) is 13.0 Å². The normalized spacial score (nSPS) is 12.6. The van der Waals surface area contributed by atoms with Crippen molar-refractivity contribution in [2.75, 3.05) is 6.54 Å². The van der Waals surface area contributed by atoms with Crippen LogP contribution >= 0.6 is 23.2 Å². The number of nitrogens with zero attached hydrogens (tertiary/aromatic N) is 2. The molecule has 1 aromatic heterocycles. The standard InChI is InChI=1S/C14H17Cl2N3O/c1-3-6-17-9(2)14-18-13(19-20-14)7-10-4-5-11(15)8-12(10)16/h4-5,8-9,17H,3,6-7H2,1-2H3. The van der Waals surface area contributed by atoms with Crippen LogP contribution in [-0.4, -0.2) is 16.7 Å². The number of rotatable bonds is 6. The molecule has 0 bridgehead atoms. The minimum absolute atomic E-state index is 0.0527. The van der Waals surface area contributed by atoms with Crippen molar-refractivity contribution in [3.05, 3.63) is 45.5 Å². The first-order valence-corrected chi connectivity index (χ1v) is 7.35. The number of hydrogen-bond donors (Lipinski definition) is 1. The van der Waals surface area contributed by atoms with Crippen molar-refractivity contribution in [2.24, 2.45) is 0 Å². The van der Waals surface area contributed by atoms with E-state index < -0.39 is 0 Å². The molecule has 2 rings (SSSR count). The van der Waals surface area contributed by atoms with Crippen molar-refractivity contribution >= 4 is 23.2 Å². The summed E-state index contributed by atoms with van der Waals surface area (Å²) in [5, 5.41) is 8.52. The van der Waals surface area contributed by atoms with Crippen molar-refractivity contribution < 1.29 is 4.52 Å². The van der Waals surface area contributed by atoms with Gasteiger partial charge in [0.1, 0.15) is 0 Å². The van der Waals surface area contributed by atoms with E-state index in [2.05, 4.69) is 22.4 Å². The second kappa shape index (κ2) is 7.07. The zero-order chi connectivity index (χ0) is 14.5. The zero-order valence-electron chi connectivity index (χ0n) is 11.5. The van der Waals surface area contributed by atoms with E-state index in [1.165, 1.54) is 0 Å². The molecular formula is C14H17Cl2N3O. The van der Waals surface area contributed by atoms with Crippen LogP contribution < -0.4 is 5.32 Å². The predicted molar refractivity (Wildman–Crippen MR) is 80.3 cm³/mol. The van der Waals surface area contributed by atoms with Gasteiger partial charge in [-0.15, -0.1) is 0 Å². The molecule has 0 aliphatic carbocycles. The van der Waals surface area contributed by atoms with E-state index in [4.69, 9.17) is 27.7 Å². The van der Waals surface area contributed by atoms with Crippen LogP contribution in [0, 0.1) is 0 Å². The molecule has 108 valence electrons. The molecule has 0 radical (unpaired) electrons. The Kier molecular flexibility index (Phi) is 5.40. The van der Waals surface area contributed by atoms with Gasteiger partial charge in [0.15, 0.2) is 5.82 Å². The number of aromatic nitrogens is 2. The molecule has 1 aromatic carbocycles. The molecule has 0 aliphatic rings. The third-order valence-corrected chi connectivity index (χ3v) is 3.51. The second-order valence-electron chi connectivity index (χ2n) is 4.64. The number of halogens is 2. The van der Waals surface area contributed by atoms with Gasteiger partial charge in [-0.1, -0.05) is 41.3 Å². The molecule has 0 saturated heterocycles. The van der Waals surface area contributed by atoms with Gasteiger partial charge in [0.05, 0.1) is 6.04 Å². The Morgan fingerprint density at radius 1 is 1.35 bits per heavy atom. The predicted octanol–water partition coefficient (Wildman–Crippen LogP) is 4.03. The highest BCUT2D eigenvalue weighted by atomic mass is 35.5. The largest absolute Gasteiger partial charge is 0.338 e. The summed E-state index contributed by atoms with van der Waals surface area (Å²) < 4.78 is 5.27. The van der Waals surface area contributed by atoms with Crippen LogP contribution in [-0.2, 0) is 6.42 Å². The summed E-state index contributed by atoms with van der Waals surface area (Å²) in [6, 6.07) is 5.44. The van der Waals surface area contributed by atoms with Gasteiger partial charge in [-0.25, -0.2) is 0 Å². The Labute approximate surface area is 128 Å². The van der Waals surface area contributed by atoms with Crippen LogP contribution in [0.2, 0.25) is 10.0 Å². The molecule has 0 aliphatic heterocycles. The van der Waals surface area contributed by atoms with Crippen LogP contribution in [0.5, 0.6) is 0 Å². The van der Waals surface area contributed by atoms with Crippen LogP contribution in [0.3, 0.4) is 0 Å². The van der Waals surface area contributed by atoms with E-state index in [0.29, 0.717) is 28.2 Å². The Hall–Kier alpha value is -1.10. The van der Waals surface area contributed by atoms with Gasteiger partial charge in [-0.2, -0.15) is 4.98 Å². The lowest BCUT2D eigenvalue weighted by Gasteiger charge is -2.06. The second-order valence-corrected chi connectivity index (χ2v) is 5.48. The average molecular weight is 314 g/mol. The van der Waals surface area contributed by atoms with Gasteiger partial charge < -0.3 is 9.84 Å². The maximum Gasteiger partial charge on any atom is 0.243 e. The van der Waals surface area contributed by atoms with Crippen molar-refractivity contribution in [1.29, 1.82) is 0 Å².